The smallest absolute Gasteiger partial charge is 0.141 e. The quantitative estimate of drug-likeness (QED) is 0.663. The zero-order chi connectivity index (χ0) is 15.4. The third-order valence-electron chi connectivity index (χ3n) is 3.03. The van der Waals surface area contributed by atoms with Gasteiger partial charge in [0.15, 0.2) is 0 Å². The minimum Gasteiger partial charge on any atom is -0.456 e. The van der Waals surface area contributed by atoms with Crippen molar-refractivity contribution in [2.24, 2.45) is 0 Å². The van der Waals surface area contributed by atoms with Crippen LogP contribution in [0.3, 0.4) is 0 Å². The van der Waals surface area contributed by atoms with E-state index in [-0.39, 0.29) is 11.9 Å². The van der Waals surface area contributed by atoms with Crippen molar-refractivity contribution in [2.75, 3.05) is 6.54 Å². The number of halogens is 3. The van der Waals surface area contributed by atoms with Gasteiger partial charge in [-0.3, -0.25) is 0 Å². The molecular weight excluding hydrogens is 401 g/mol. The minimum absolute atomic E-state index is 0.267. The highest BCUT2D eigenvalue weighted by atomic mass is 79.9. The molecule has 0 saturated heterocycles. The topological polar surface area (TPSA) is 21.3 Å². The maximum atomic E-state index is 13.4. The van der Waals surface area contributed by atoms with Crippen LogP contribution in [0.5, 0.6) is 11.5 Å². The Balaban J connectivity index is 2.21. The SMILES string of the molecule is CCNC(C)c1ccc(Oc2cc(F)cc(Br)c2)c(Br)c1. The van der Waals surface area contributed by atoms with Crippen LogP contribution in [-0.4, -0.2) is 6.54 Å². The predicted octanol–water partition coefficient (Wildman–Crippen LogP) is 5.81. The lowest BCUT2D eigenvalue weighted by Gasteiger charge is -2.15. The average Bonchev–Trinajstić information content (AvgIpc) is 2.40. The van der Waals surface area contributed by atoms with Gasteiger partial charge < -0.3 is 10.1 Å². The lowest BCUT2D eigenvalue weighted by molar-refractivity contribution is 0.472. The summed E-state index contributed by atoms with van der Waals surface area (Å²) in [6.45, 7) is 5.09. The first-order valence-corrected chi connectivity index (χ1v) is 8.25. The number of benzene rings is 2. The van der Waals surface area contributed by atoms with Crippen LogP contribution < -0.4 is 10.1 Å². The molecule has 0 aromatic heterocycles. The van der Waals surface area contributed by atoms with Crippen molar-refractivity contribution < 1.29 is 9.13 Å². The summed E-state index contributed by atoms with van der Waals surface area (Å²) in [5, 5.41) is 3.36. The molecule has 5 heteroatoms. The molecule has 112 valence electrons. The van der Waals surface area contributed by atoms with Gasteiger partial charge in [-0.1, -0.05) is 28.9 Å². The zero-order valence-corrected chi connectivity index (χ0v) is 15.0. The molecule has 2 rings (SSSR count). The summed E-state index contributed by atoms with van der Waals surface area (Å²) < 4.78 is 20.6. The molecule has 1 N–H and O–H groups in total. The van der Waals surface area contributed by atoms with Crippen LogP contribution in [0.15, 0.2) is 45.3 Å². The van der Waals surface area contributed by atoms with Crippen molar-refractivity contribution in [3.63, 3.8) is 0 Å². The minimum atomic E-state index is -0.340. The first-order valence-electron chi connectivity index (χ1n) is 6.66. The second kappa shape index (κ2) is 7.38. The van der Waals surface area contributed by atoms with Gasteiger partial charge in [0.1, 0.15) is 17.3 Å². The molecule has 0 radical (unpaired) electrons. The maximum Gasteiger partial charge on any atom is 0.141 e. The number of nitrogens with one attached hydrogen (secondary N) is 1. The van der Waals surface area contributed by atoms with Gasteiger partial charge in [-0.2, -0.15) is 0 Å². The molecule has 1 atom stereocenters. The van der Waals surface area contributed by atoms with Crippen molar-refractivity contribution in [3.05, 3.63) is 56.7 Å². The summed E-state index contributed by atoms with van der Waals surface area (Å²) in [5.41, 5.74) is 1.16. The monoisotopic (exact) mass is 415 g/mol. The Morgan fingerprint density at radius 3 is 2.57 bits per heavy atom. The summed E-state index contributed by atoms with van der Waals surface area (Å²) in [5.74, 6) is 0.767. The molecule has 21 heavy (non-hydrogen) atoms. The molecule has 0 bridgehead atoms. The van der Waals surface area contributed by atoms with Crippen LogP contribution in [0.2, 0.25) is 0 Å². The van der Waals surface area contributed by atoms with Crippen LogP contribution in [-0.2, 0) is 0 Å². The van der Waals surface area contributed by atoms with E-state index >= 15 is 0 Å². The van der Waals surface area contributed by atoms with E-state index in [1.165, 1.54) is 12.1 Å². The molecule has 2 aromatic rings. The van der Waals surface area contributed by atoms with Crippen molar-refractivity contribution in [1.29, 1.82) is 0 Å². The third-order valence-corrected chi connectivity index (χ3v) is 4.11. The average molecular weight is 417 g/mol. The van der Waals surface area contributed by atoms with Gasteiger partial charge in [0, 0.05) is 16.6 Å². The van der Waals surface area contributed by atoms with E-state index in [2.05, 4.69) is 51.0 Å². The van der Waals surface area contributed by atoms with Crippen LogP contribution in [0.4, 0.5) is 4.39 Å². The summed E-state index contributed by atoms with van der Waals surface area (Å²) >= 11 is 6.76. The molecule has 2 aromatic carbocycles. The Kier molecular flexibility index (Phi) is 5.79. The van der Waals surface area contributed by atoms with Gasteiger partial charge in [0.2, 0.25) is 0 Å². The molecule has 0 saturated carbocycles. The maximum absolute atomic E-state index is 13.4. The van der Waals surface area contributed by atoms with E-state index in [4.69, 9.17) is 4.74 Å². The summed E-state index contributed by atoms with van der Waals surface area (Å²) in [6.07, 6.45) is 0. The normalized spacial score (nSPS) is 12.2. The van der Waals surface area contributed by atoms with E-state index in [1.807, 2.05) is 18.2 Å². The van der Waals surface area contributed by atoms with Gasteiger partial charge in [0.05, 0.1) is 4.47 Å². The standard InChI is InChI=1S/C16H16Br2FNO/c1-3-20-10(2)11-4-5-16(15(18)6-11)21-14-8-12(17)7-13(19)9-14/h4-10,20H,3H2,1-2H3. The molecule has 2 nitrogen and oxygen atoms in total. The van der Waals surface area contributed by atoms with E-state index in [0.717, 1.165) is 16.6 Å². The molecule has 0 spiro atoms. The van der Waals surface area contributed by atoms with E-state index in [0.29, 0.717) is 16.0 Å². The van der Waals surface area contributed by atoms with Gasteiger partial charge in [-0.05, 0) is 59.2 Å². The Bertz CT molecular complexity index is 613. The number of hydrogen-bond acceptors (Lipinski definition) is 2. The molecule has 0 aliphatic rings. The first kappa shape index (κ1) is 16.5. The molecule has 0 aliphatic carbocycles. The van der Waals surface area contributed by atoms with Crippen LogP contribution >= 0.6 is 31.9 Å². The highest BCUT2D eigenvalue weighted by Crippen LogP contribution is 2.33. The van der Waals surface area contributed by atoms with Crippen LogP contribution in [0.1, 0.15) is 25.5 Å². The molecule has 0 amide bonds. The van der Waals surface area contributed by atoms with Crippen molar-refractivity contribution in [3.8, 4) is 11.5 Å². The highest BCUT2D eigenvalue weighted by molar-refractivity contribution is 9.10. The van der Waals surface area contributed by atoms with E-state index in [1.54, 1.807) is 6.07 Å². The van der Waals surface area contributed by atoms with Gasteiger partial charge in [-0.15, -0.1) is 0 Å². The van der Waals surface area contributed by atoms with Crippen molar-refractivity contribution >= 4 is 31.9 Å². The Morgan fingerprint density at radius 1 is 1.19 bits per heavy atom. The lowest BCUT2D eigenvalue weighted by atomic mass is 10.1. The zero-order valence-electron chi connectivity index (χ0n) is 11.8. The fourth-order valence-electron chi connectivity index (χ4n) is 2.01. The second-order valence-corrected chi connectivity index (χ2v) is 6.45. The fourth-order valence-corrected chi connectivity index (χ4v) is 2.93. The second-order valence-electron chi connectivity index (χ2n) is 4.68. The highest BCUT2D eigenvalue weighted by Gasteiger charge is 2.09. The predicted molar refractivity (Wildman–Crippen MR) is 90.4 cm³/mol. The number of hydrogen-bond donors (Lipinski definition) is 1. The van der Waals surface area contributed by atoms with Crippen molar-refractivity contribution in [1.82, 2.24) is 5.32 Å². The Morgan fingerprint density at radius 2 is 1.95 bits per heavy atom. The summed E-state index contributed by atoms with van der Waals surface area (Å²) in [7, 11) is 0. The molecular formula is C16H16Br2FNO. The number of rotatable bonds is 5. The molecule has 0 aliphatic heterocycles. The largest absolute Gasteiger partial charge is 0.456 e. The Labute approximate surface area is 141 Å². The van der Waals surface area contributed by atoms with Crippen molar-refractivity contribution in [2.45, 2.75) is 19.9 Å². The first-order chi connectivity index (χ1) is 9.99. The van der Waals surface area contributed by atoms with E-state index < -0.39 is 0 Å². The molecule has 0 heterocycles. The summed E-state index contributed by atoms with van der Waals surface area (Å²) in [6, 6.07) is 10.6. The van der Waals surface area contributed by atoms with E-state index in [9.17, 15) is 4.39 Å². The third kappa shape index (κ3) is 4.53. The summed E-state index contributed by atoms with van der Waals surface area (Å²) in [4.78, 5) is 0. The van der Waals surface area contributed by atoms with Gasteiger partial charge in [0.25, 0.3) is 0 Å². The van der Waals surface area contributed by atoms with Gasteiger partial charge >= 0.3 is 0 Å². The van der Waals surface area contributed by atoms with Gasteiger partial charge in [-0.25, -0.2) is 4.39 Å². The lowest BCUT2D eigenvalue weighted by Crippen LogP contribution is -2.17. The molecule has 1 unspecified atom stereocenters. The Hall–Kier alpha value is -0.910. The number of ether oxygens (including phenoxy) is 1. The van der Waals surface area contributed by atoms with Crippen LogP contribution in [0, 0.1) is 5.82 Å². The van der Waals surface area contributed by atoms with Crippen LogP contribution in [0.25, 0.3) is 0 Å². The fraction of sp³-hybridized carbons (Fsp3) is 0.250. The molecule has 0 fully saturated rings.